The van der Waals surface area contributed by atoms with Gasteiger partial charge in [-0.15, -0.1) is 0 Å². The van der Waals surface area contributed by atoms with E-state index in [1.54, 1.807) is 0 Å². The number of hydrogen-bond acceptors (Lipinski definition) is 2. The van der Waals surface area contributed by atoms with Crippen molar-refractivity contribution in [2.75, 3.05) is 5.73 Å². The maximum atomic E-state index is 6.19. The summed E-state index contributed by atoms with van der Waals surface area (Å²) >= 11 is 0. The summed E-state index contributed by atoms with van der Waals surface area (Å²) in [5.41, 5.74) is 8.59. The Balaban J connectivity index is 2.36. The molecule has 0 radical (unpaired) electrons. The molecular weight excluding hydrogens is 210 g/mol. The summed E-state index contributed by atoms with van der Waals surface area (Å²) in [7, 11) is 0. The molecule has 1 fully saturated rings. The molecule has 1 aliphatic rings. The molecule has 2 atom stereocenters. The largest absolute Gasteiger partial charge is 0.384 e. The topological polar surface area (TPSA) is 43.8 Å². The summed E-state index contributed by atoms with van der Waals surface area (Å²) in [4.78, 5) is 0. The Bertz CT molecular complexity index is 412. The van der Waals surface area contributed by atoms with Crippen LogP contribution in [-0.4, -0.2) is 9.78 Å². The van der Waals surface area contributed by atoms with E-state index in [1.807, 2.05) is 4.68 Å². The quantitative estimate of drug-likeness (QED) is 0.810. The predicted octanol–water partition coefficient (Wildman–Crippen LogP) is 3.43. The van der Waals surface area contributed by atoms with Crippen LogP contribution < -0.4 is 5.73 Å². The van der Waals surface area contributed by atoms with E-state index in [4.69, 9.17) is 10.8 Å². The van der Waals surface area contributed by atoms with Gasteiger partial charge in [-0.3, -0.25) is 0 Å². The lowest BCUT2D eigenvalue weighted by molar-refractivity contribution is 0.357. The zero-order valence-electron chi connectivity index (χ0n) is 11.7. The van der Waals surface area contributed by atoms with Gasteiger partial charge in [-0.25, -0.2) is 4.68 Å². The minimum absolute atomic E-state index is 0.0304. The van der Waals surface area contributed by atoms with E-state index in [9.17, 15) is 0 Å². The van der Waals surface area contributed by atoms with Crippen LogP contribution in [0.4, 0.5) is 5.82 Å². The molecule has 0 bridgehead atoms. The molecule has 0 aliphatic heterocycles. The van der Waals surface area contributed by atoms with Gasteiger partial charge in [-0.2, -0.15) is 5.10 Å². The van der Waals surface area contributed by atoms with E-state index in [-0.39, 0.29) is 5.54 Å². The monoisotopic (exact) mass is 235 g/mol. The molecular formula is C14H25N3. The molecule has 0 saturated heterocycles. The lowest BCUT2D eigenvalue weighted by Gasteiger charge is -2.21. The van der Waals surface area contributed by atoms with Crippen LogP contribution in [0.3, 0.4) is 0 Å². The summed E-state index contributed by atoms with van der Waals surface area (Å²) < 4.78 is 1.99. The number of hydrogen-bond donors (Lipinski definition) is 1. The molecule has 3 heteroatoms. The minimum Gasteiger partial charge on any atom is -0.384 e. The molecule has 2 N–H and O–H groups in total. The average Bonchev–Trinajstić information content (AvgIpc) is 2.73. The van der Waals surface area contributed by atoms with Gasteiger partial charge in [0, 0.05) is 11.5 Å². The smallest absolute Gasteiger partial charge is 0.125 e. The van der Waals surface area contributed by atoms with Crippen LogP contribution >= 0.6 is 0 Å². The fourth-order valence-corrected chi connectivity index (χ4v) is 2.88. The third-order valence-corrected chi connectivity index (χ3v) is 3.92. The first-order valence-electron chi connectivity index (χ1n) is 6.66. The second kappa shape index (κ2) is 4.04. The van der Waals surface area contributed by atoms with Crippen molar-refractivity contribution >= 4 is 5.82 Å². The minimum atomic E-state index is -0.0304. The van der Waals surface area contributed by atoms with Gasteiger partial charge in [0.1, 0.15) is 5.82 Å². The first-order chi connectivity index (χ1) is 7.80. The number of nitrogens with zero attached hydrogens (tertiary/aromatic N) is 2. The van der Waals surface area contributed by atoms with Gasteiger partial charge in [0.05, 0.1) is 11.2 Å². The van der Waals surface area contributed by atoms with Crippen molar-refractivity contribution in [3.8, 4) is 0 Å². The molecule has 1 saturated carbocycles. The number of anilines is 1. The third-order valence-electron chi connectivity index (χ3n) is 3.92. The number of rotatable bonds is 1. The van der Waals surface area contributed by atoms with Crippen LogP contribution in [0.2, 0.25) is 0 Å². The maximum Gasteiger partial charge on any atom is 0.125 e. The Morgan fingerprint density at radius 2 is 1.94 bits per heavy atom. The molecule has 1 aliphatic carbocycles. The van der Waals surface area contributed by atoms with Gasteiger partial charge < -0.3 is 5.73 Å². The Labute approximate surface area is 104 Å². The first-order valence-corrected chi connectivity index (χ1v) is 6.66. The molecule has 2 rings (SSSR count). The second-order valence-corrected chi connectivity index (χ2v) is 6.59. The molecule has 3 nitrogen and oxygen atoms in total. The summed E-state index contributed by atoms with van der Waals surface area (Å²) in [5.74, 6) is 2.29. The Hall–Kier alpha value is -0.990. The van der Waals surface area contributed by atoms with Crippen molar-refractivity contribution < 1.29 is 0 Å². The van der Waals surface area contributed by atoms with Crippen molar-refractivity contribution in [2.24, 2.45) is 5.92 Å². The van der Waals surface area contributed by atoms with Crippen molar-refractivity contribution in [3.63, 3.8) is 0 Å². The van der Waals surface area contributed by atoms with Crippen LogP contribution in [0.1, 0.15) is 64.1 Å². The highest BCUT2D eigenvalue weighted by atomic mass is 15.3. The predicted molar refractivity (Wildman–Crippen MR) is 72.1 cm³/mol. The molecule has 0 unspecified atom stereocenters. The highest BCUT2D eigenvalue weighted by molar-refractivity contribution is 5.44. The van der Waals surface area contributed by atoms with Gasteiger partial charge in [-0.1, -0.05) is 13.3 Å². The van der Waals surface area contributed by atoms with E-state index >= 15 is 0 Å². The first kappa shape index (κ1) is 12.5. The van der Waals surface area contributed by atoms with E-state index in [0.717, 1.165) is 11.7 Å². The third kappa shape index (κ3) is 2.20. The van der Waals surface area contributed by atoms with E-state index < -0.39 is 0 Å². The second-order valence-electron chi connectivity index (χ2n) is 6.59. The molecule has 1 aromatic rings. The Kier molecular flexibility index (Phi) is 2.96. The molecule has 0 amide bonds. The normalized spacial score (nSPS) is 25.5. The molecule has 0 spiro atoms. The standard InChI is InChI=1S/C14H25N3/c1-9-6-7-11(8-9)12-10(2)13(15)17(16-12)14(3,4)5/h9,11H,6-8,15H2,1-5H3/t9-,11+/m1/s1. The van der Waals surface area contributed by atoms with Gasteiger partial charge >= 0.3 is 0 Å². The number of aromatic nitrogens is 2. The zero-order chi connectivity index (χ0) is 12.8. The Morgan fingerprint density at radius 1 is 1.29 bits per heavy atom. The highest BCUT2D eigenvalue weighted by Crippen LogP contribution is 2.40. The molecule has 0 aromatic carbocycles. The molecule has 17 heavy (non-hydrogen) atoms. The number of nitrogen functional groups attached to an aromatic ring is 1. The summed E-state index contributed by atoms with van der Waals surface area (Å²) in [6.45, 7) is 10.9. The molecule has 1 aromatic heterocycles. The van der Waals surface area contributed by atoms with E-state index in [2.05, 4.69) is 34.6 Å². The van der Waals surface area contributed by atoms with E-state index in [0.29, 0.717) is 5.92 Å². The number of nitrogens with two attached hydrogens (primary N) is 1. The van der Waals surface area contributed by atoms with Crippen molar-refractivity contribution in [2.45, 2.75) is 65.3 Å². The van der Waals surface area contributed by atoms with Crippen LogP contribution in [0.5, 0.6) is 0 Å². The van der Waals surface area contributed by atoms with Gasteiger partial charge in [0.25, 0.3) is 0 Å². The zero-order valence-corrected chi connectivity index (χ0v) is 11.7. The van der Waals surface area contributed by atoms with Crippen molar-refractivity contribution in [1.82, 2.24) is 9.78 Å². The van der Waals surface area contributed by atoms with E-state index in [1.165, 1.54) is 30.5 Å². The fourth-order valence-electron chi connectivity index (χ4n) is 2.88. The van der Waals surface area contributed by atoms with Crippen LogP contribution in [0, 0.1) is 12.8 Å². The Morgan fingerprint density at radius 3 is 2.35 bits per heavy atom. The molecule has 1 heterocycles. The van der Waals surface area contributed by atoms with Crippen LogP contribution in [-0.2, 0) is 5.54 Å². The van der Waals surface area contributed by atoms with Crippen LogP contribution in [0.15, 0.2) is 0 Å². The average molecular weight is 235 g/mol. The van der Waals surface area contributed by atoms with Gasteiger partial charge in [-0.05, 0) is 46.5 Å². The summed E-state index contributed by atoms with van der Waals surface area (Å²) in [6, 6.07) is 0. The fraction of sp³-hybridized carbons (Fsp3) is 0.786. The van der Waals surface area contributed by atoms with Crippen molar-refractivity contribution in [1.29, 1.82) is 0 Å². The van der Waals surface area contributed by atoms with Crippen LogP contribution in [0.25, 0.3) is 0 Å². The maximum absolute atomic E-state index is 6.19. The SMILES string of the molecule is Cc1c([C@H]2CC[C@@H](C)C2)nn(C(C)(C)C)c1N. The highest BCUT2D eigenvalue weighted by Gasteiger charge is 2.29. The summed E-state index contributed by atoms with van der Waals surface area (Å²) in [5, 5.41) is 4.79. The van der Waals surface area contributed by atoms with Gasteiger partial charge in [0.2, 0.25) is 0 Å². The lowest BCUT2D eigenvalue weighted by Crippen LogP contribution is -2.25. The van der Waals surface area contributed by atoms with Gasteiger partial charge in [0.15, 0.2) is 0 Å². The van der Waals surface area contributed by atoms with Crippen molar-refractivity contribution in [3.05, 3.63) is 11.3 Å². The summed E-state index contributed by atoms with van der Waals surface area (Å²) in [6.07, 6.45) is 3.86. The molecule has 96 valence electrons. The lowest BCUT2D eigenvalue weighted by atomic mass is 9.99.